The third-order valence-corrected chi connectivity index (χ3v) is 4.42. The average molecular weight is 425 g/mol. The molecule has 2 rings (SSSR count). The number of rotatable bonds is 3. The van der Waals surface area contributed by atoms with Crippen LogP contribution in [-0.2, 0) is 0 Å². The van der Waals surface area contributed by atoms with Crippen LogP contribution in [0.4, 0.5) is 8.78 Å². The Bertz CT molecular complexity index is 649. The summed E-state index contributed by atoms with van der Waals surface area (Å²) in [5, 5.41) is 3.24. The Hall–Kier alpha value is -0.490. The summed E-state index contributed by atoms with van der Waals surface area (Å²) in [6.45, 7) is 0. The second-order valence-corrected chi connectivity index (χ2v) is 6.35. The molecule has 0 spiro atoms. The molecule has 1 nitrogen and oxygen atoms in total. The summed E-state index contributed by atoms with van der Waals surface area (Å²) < 4.78 is 28.4. The molecular formula is C14H10Br2ClF2N. The Morgan fingerprint density at radius 1 is 1.05 bits per heavy atom. The average Bonchev–Trinajstić information content (AvgIpc) is 2.38. The number of hydrogen-bond donors (Lipinski definition) is 1. The summed E-state index contributed by atoms with van der Waals surface area (Å²) in [6.07, 6.45) is 0. The van der Waals surface area contributed by atoms with Crippen LogP contribution in [0.25, 0.3) is 0 Å². The van der Waals surface area contributed by atoms with E-state index in [4.69, 9.17) is 11.6 Å². The Kier molecular flexibility index (Phi) is 5.18. The predicted molar refractivity (Wildman–Crippen MR) is 84.1 cm³/mol. The zero-order chi connectivity index (χ0) is 14.9. The lowest BCUT2D eigenvalue weighted by molar-refractivity contribution is 0.505. The third-order valence-electron chi connectivity index (χ3n) is 2.91. The summed E-state index contributed by atoms with van der Waals surface area (Å²) in [6, 6.07) is 7.40. The largest absolute Gasteiger partial charge is 0.309 e. The van der Waals surface area contributed by atoms with Gasteiger partial charge in [0.2, 0.25) is 0 Å². The van der Waals surface area contributed by atoms with Crippen LogP contribution in [0, 0.1) is 11.6 Å². The smallest absolute Gasteiger partial charge is 0.160 e. The Morgan fingerprint density at radius 2 is 1.70 bits per heavy atom. The van der Waals surface area contributed by atoms with Gasteiger partial charge in [-0.3, -0.25) is 0 Å². The number of nitrogens with one attached hydrogen (secondary N) is 1. The highest BCUT2D eigenvalue weighted by atomic mass is 79.9. The SMILES string of the molecule is CNC(c1cc(F)c(F)cc1Cl)c1ccc(Br)cc1Br. The van der Waals surface area contributed by atoms with E-state index in [-0.39, 0.29) is 11.1 Å². The van der Waals surface area contributed by atoms with Crippen LogP contribution in [-0.4, -0.2) is 7.05 Å². The van der Waals surface area contributed by atoms with Crippen molar-refractivity contribution in [2.45, 2.75) is 6.04 Å². The third kappa shape index (κ3) is 3.22. The van der Waals surface area contributed by atoms with Gasteiger partial charge in [-0.25, -0.2) is 8.78 Å². The van der Waals surface area contributed by atoms with Crippen molar-refractivity contribution in [3.05, 3.63) is 67.1 Å². The van der Waals surface area contributed by atoms with Crippen LogP contribution in [0.3, 0.4) is 0 Å². The van der Waals surface area contributed by atoms with Gasteiger partial charge in [0.25, 0.3) is 0 Å². The number of halogens is 5. The molecule has 6 heteroatoms. The molecule has 2 aromatic rings. The highest BCUT2D eigenvalue weighted by Crippen LogP contribution is 2.34. The fourth-order valence-corrected chi connectivity index (χ4v) is 3.51. The first-order chi connectivity index (χ1) is 9.43. The van der Waals surface area contributed by atoms with E-state index in [9.17, 15) is 8.78 Å². The molecule has 0 bridgehead atoms. The maximum atomic E-state index is 13.5. The van der Waals surface area contributed by atoms with Crippen molar-refractivity contribution in [2.75, 3.05) is 7.05 Å². The highest BCUT2D eigenvalue weighted by molar-refractivity contribution is 9.11. The van der Waals surface area contributed by atoms with Crippen LogP contribution < -0.4 is 5.32 Å². The minimum absolute atomic E-state index is 0.179. The van der Waals surface area contributed by atoms with E-state index in [0.29, 0.717) is 5.56 Å². The lowest BCUT2D eigenvalue weighted by Gasteiger charge is -2.20. The Balaban J connectivity index is 2.55. The van der Waals surface area contributed by atoms with Crippen molar-refractivity contribution >= 4 is 43.5 Å². The van der Waals surface area contributed by atoms with Crippen molar-refractivity contribution in [3.8, 4) is 0 Å². The number of benzene rings is 2. The molecule has 0 aromatic heterocycles. The minimum atomic E-state index is -0.955. The first-order valence-electron chi connectivity index (χ1n) is 5.70. The standard InChI is InChI=1S/C14H10Br2ClF2N/c1-20-14(8-3-2-7(15)4-10(8)16)9-5-12(18)13(19)6-11(9)17/h2-6,14,20H,1H3. The zero-order valence-corrected chi connectivity index (χ0v) is 14.3. The van der Waals surface area contributed by atoms with Crippen LogP contribution in [0.15, 0.2) is 39.3 Å². The van der Waals surface area contributed by atoms with Crippen LogP contribution in [0.5, 0.6) is 0 Å². The zero-order valence-electron chi connectivity index (χ0n) is 10.4. The number of hydrogen-bond acceptors (Lipinski definition) is 1. The van der Waals surface area contributed by atoms with E-state index < -0.39 is 11.6 Å². The van der Waals surface area contributed by atoms with E-state index in [1.165, 1.54) is 0 Å². The van der Waals surface area contributed by atoms with Gasteiger partial charge in [-0.05, 0) is 42.4 Å². The summed E-state index contributed by atoms with van der Waals surface area (Å²) in [7, 11) is 1.73. The van der Waals surface area contributed by atoms with E-state index in [0.717, 1.165) is 26.6 Å². The molecule has 0 aliphatic heterocycles. The summed E-state index contributed by atoms with van der Waals surface area (Å²) >= 11 is 12.9. The first-order valence-corrected chi connectivity index (χ1v) is 7.67. The van der Waals surface area contributed by atoms with Crippen molar-refractivity contribution in [1.29, 1.82) is 0 Å². The molecule has 2 aromatic carbocycles. The first kappa shape index (κ1) is 15.9. The van der Waals surface area contributed by atoms with Gasteiger partial charge < -0.3 is 5.32 Å². The van der Waals surface area contributed by atoms with Gasteiger partial charge in [-0.1, -0.05) is 49.5 Å². The topological polar surface area (TPSA) is 12.0 Å². The maximum Gasteiger partial charge on any atom is 0.160 e. The van der Waals surface area contributed by atoms with Gasteiger partial charge in [-0.15, -0.1) is 0 Å². The van der Waals surface area contributed by atoms with E-state index in [1.54, 1.807) is 7.05 Å². The van der Waals surface area contributed by atoms with Crippen molar-refractivity contribution in [3.63, 3.8) is 0 Å². The summed E-state index contributed by atoms with van der Waals surface area (Å²) in [4.78, 5) is 0. The fourth-order valence-electron chi connectivity index (χ4n) is 1.97. The lowest BCUT2D eigenvalue weighted by atomic mass is 9.98. The van der Waals surface area contributed by atoms with Crippen molar-refractivity contribution in [1.82, 2.24) is 5.32 Å². The van der Waals surface area contributed by atoms with E-state index >= 15 is 0 Å². The van der Waals surface area contributed by atoms with E-state index in [1.807, 2.05) is 18.2 Å². The fraction of sp³-hybridized carbons (Fsp3) is 0.143. The second-order valence-electron chi connectivity index (χ2n) is 4.18. The summed E-state index contributed by atoms with van der Waals surface area (Å²) in [5.74, 6) is -1.87. The molecule has 1 N–H and O–H groups in total. The van der Waals surface area contributed by atoms with Gasteiger partial charge in [0.05, 0.1) is 6.04 Å². The highest BCUT2D eigenvalue weighted by Gasteiger charge is 2.20. The quantitative estimate of drug-likeness (QED) is 0.645. The molecule has 0 aliphatic rings. The van der Waals surface area contributed by atoms with Crippen LogP contribution >= 0.6 is 43.5 Å². The molecule has 0 aliphatic carbocycles. The summed E-state index contributed by atoms with van der Waals surface area (Å²) in [5.41, 5.74) is 1.36. The molecule has 0 radical (unpaired) electrons. The molecular weight excluding hydrogens is 415 g/mol. The lowest BCUT2D eigenvalue weighted by Crippen LogP contribution is -2.19. The molecule has 0 saturated heterocycles. The molecule has 106 valence electrons. The van der Waals surface area contributed by atoms with Gasteiger partial charge in [0.15, 0.2) is 11.6 Å². The molecule has 0 fully saturated rings. The minimum Gasteiger partial charge on any atom is -0.309 e. The molecule has 0 amide bonds. The van der Waals surface area contributed by atoms with Crippen molar-refractivity contribution in [2.24, 2.45) is 0 Å². The Morgan fingerprint density at radius 3 is 2.30 bits per heavy atom. The van der Waals surface area contributed by atoms with Crippen molar-refractivity contribution < 1.29 is 8.78 Å². The maximum absolute atomic E-state index is 13.5. The van der Waals surface area contributed by atoms with Gasteiger partial charge in [0.1, 0.15) is 0 Å². The molecule has 0 heterocycles. The van der Waals surface area contributed by atoms with Gasteiger partial charge in [0, 0.05) is 14.0 Å². The van der Waals surface area contributed by atoms with E-state index in [2.05, 4.69) is 37.2 Å². The normalized spacial score (nSPS) is 12.5. The Labute approximate surface area is 137 Å². The van der Waals surface area contributed by atoms with Crippen LogP contribution in [0.2, 0.25) is 5.02 Å². The monoisotopic (exact) mass is 423 g/mol. The second kappa shape index (κ2) is 6.52. The molecule has 0 saturated carbocycles. The van der Waals surface area contributed by atoms with Gasteiger partial charge >= 0.3 is 0 Å². The molecule has 1 unspecified atom stereocenters. The van der Waals surface area contributed by atoms with Crippen LogP contribution in [0.1, 0.15) is 17.2 Å². The molecule has 20 heavy (non-hydrogen) atoms. The predicted octanol–water partition coefficient (Wildman–Crippen LogP) is 5.45. The molecule has 1 atom stereocenters. The van der Waals surface area contributed by atoms with Gasteiger partial charge in [-0.2, -0.15) is 0 Å².